The fourth-order valence-corrected chi connectivity index (χ4v) is 1.29. The summed E-state index contributed by atoms with van der Waals surface area (Å²) in [7, 11) is 1.60. The maximum absolute atomic E-state index is 9.50. The van der Waals surface area contributed by atoms with Crippen LogP contribution in [0.5, 0.6) is 5.75 Å². The molecule has 0 fully saturated rings. The molecule has 0 bridgehead atoms. The number of ether oxygens (including phenoxy) is 1. The summed E-state index contributed by atoms with van der Waals surface area (Å²) in [4.78, 5) is 0. The van der Waals surface area contributed by atoms with Gasteiger partial charge in [0.1, 0.15) is 12.3 Å². The largest absolute Gasteiger partial charge is 0.497 e. The summed E-state index contributed by atoms with van der Waals surface area (Å²) in [6.45, 7) is 0.317. The van der Waals surface area contributed by atoms with Crippen LogP contribution in [-0.2, 0) is 0 Å². The third-order valence-electron chi connectivity index (χ3n) is 2.00. The molecule has 0 aliphatic carbocycles. The number of anilines is 1. The van der Waals surface area contributed by atoms with Crippen LogP contribution in [0.25, 0.3) is 0 Å². The second kappa shape index (κ2) is 3.63. The molecule has 1 aliphatic heterocycles. The summed E-state index contributed by atoms with van der Waals surface area (Å²) >= 11 is 0. The van der Waals surface area contributed by atoms with Crippen LogP contribution in [0.15, 0.2) is 34.6 Å². The second-order valence-electron chi connectivity index (χ2n) is 2.94. The van der Waals surface area contributed by atoms with Gasteiger partial charge in [0.05, 0.1) is 12.8 Å². The lowest BCUT2D eigenvalue weighted by atomic mass is 10.3. The molecular formula is C9H11N3O2. The van der Waals surface area contributed by atoms with Gasteiger partial charge >= 0.3 is 0 Å². The maximum Gasteiger partial charge on any atom is 0.170 e. The lowest BCUT2D eigenvalue weighted by Gasteiger charge is -2.17. The molecule has 0 spiro atoms. The topological polar surface area (TPSA) is 57.4 Å². The van der Waals surface area contributed by atoms with Gasteiger partial charge in [0, 0.05) is 6.07 Å². The van der Waals surface area contributed by atoms with Crippen LogP contribution in [0, 0.1) is 0 Å². The van der Waals surface area contributed by atoms with Crippen molar-refractivity contribution in [3.63, 3.8) is 0 Å². The van der Waals surface area contributed by atoms with Gasteiger partial charge in [0.15, 0.2) is 6.23 Å². The number of aliphatic hydroxyl groups excluding tert-OH is 1. The highest BCUT2D eigenvalue weighted by atomic mass is 16.5. The molecule has 1 aliphatic rings. The van der Waals surface area contributed by atoms with Crippen molar-refractivity contribution >= 4 is 5.69 Å². The molecule has 14 heavy (non-hydrogen) atoms. The first-order valence-electron chi connectivity index (χ1n) is 4.30. The van der Waals surface area contributed by atoms with Crippen LogP contribution in [0.2, 0.25) is 0 Å². The normalized spacial score (nSPS) is 20.1. The third kappa shape index (κ3) is 1.54. The zero-order valence-corrected chi connectivity index (χ0v) is 7.79. The molecule has 1 aromatic carbocycles. The first kappa shape index (κ1) is 8.96. The van der Waals surface area contributed by atoms with Crippen LogP contribution in [0.3, 0.4) is 0 Å². The van der Waals surface area contributed by atoms with Crippen molar-refractivity contribution in [2.24, 2.45) is 10.3 Å². The van der Waals surface area contributed by atoms with Crippen LogP contribution < -0.4 is 9.75 Å². The minimum atomic E-state index is -0.665. The Labute approximate surface area is 81.6 Å². The van der Waals surface area contributed by atoms with E-state index < -0.39 is 6.23 Å². The minimum absolute atomic E-state index is 0.317. The summed E-state index contributed by atoms with van der Waals surface area (Å²) < 4.78 is 5.07. The molecule has 0 saturated heterocycles. The van der Waals surface area contributed by atoms with Gasteiger partial charge in [-0.2, -0.15) is 5.11 Å². The standard InChI is InChI=1S/C9H11N3O2/c1-14-8-4-2-3-7(5-8)12-9(13)6-10-11-12/h2-5,9,13H,6H2,1H3/t9-/m1/s1. The predicted octanol–water partition coefficient (Wildman–Crippen LogP) is 1.20. The van der Waals surface area contributed by atoms with Gasteiger partial charge in [0.25, 0.3) is 0 Å². The first-order chi connectivity index (χ1) is 6.81. The number of rotatable bonds is 2. The Morgan fingerprint density at radius 1 is 1.57 bits per heavy atom. The number of benzene rings is 1. The number of nitrogens with zero attached hydrogens (tertiary/aromatic N) is 3. The SMILES string of the molecule is COc1cccc(N2N=NC[C@H]2O)c1. The molecule has 0 saturated carbocycles. The van der Waals surface area contributed by atoms with E-state index in [1.165, 1.54) is 5.01 Å². The molecule has 2 rings (SSSR count). The first-order valence-corrected chi connectivity index (χ1v) is 4.30. The molecule has 0 radical (unpaired) electrons. The molecule has 0 aromatic heterocycles. The van der Waals surface area contributed by atoms with Gasteiger partial charge in [-0.15, -0.1) is 0 Å². The Morgan fingerprint density at radius 2 is 2.43 bits per heavy atom. The van der Waals surface area contributed by atoms with Crippen molar-refractivity contribution < 1.29 is 9.84 Å². The number of hydrogen-bond acceptors (Lipinski definition) is 5. The average molecular weight is 193 g/mol. The monoisotopic (exact) mass is 193 g/mol. The van der Waals surface area contributed by atoms with E-state index in [0.717, 1.165) is 11.4 Å². The molecule has 1 heterocycles. The van der Waals surface area contributed by atoms with Crippen LogP contribution >= 0.6 is 0 Å². The smallest absolute Gasteiger partial charge is 0.170 e. The van der Waals surface area contributed by atoms with Crippen molar-refractivity contribution in [1.82, 2.24) is 0 Å². The lowest BCUT2D eigenvalue weighted by Crippen LogP contribution is -2.27. The zero-order valence-electron chi connectivity index (χ0n) is 7.79. The van der Waals surface area contributed by atoms with Gasteiger partial charge in [-0.05, 0) is 12.1 Å². The average Bonchev–Trinajstić information content (AvgIpc) is 2.65. The summed E-state index contributed by atoms with van der Waals surface area (Å²) in [6.07, 6.45) is -0.665. The highest BCUT2D eigenvalue weighted by Gasteiger charge is 2.20. The van der Waals surface area contributed by atoms with Gasteiger partial charge in [-0.25, -0.2) is 5.01 Å². The fourth-order valence-electron chi connectivity index (χ4n) is 1.29. The van der Waals surface area contributed by atoms with Gasteiger partial charge < -0.3 is 9.84 Å². The van der Waals surface area contributed by atoms with E-state index in [4.69, 9.17) is 4.74 Å². The number of aliphatic hydroxyl groups is 1. The van der Waals surface area contributed by atoms with E-state index in [1.54, 1.807) is 13.2 Å². The molecule has 5 heteroatoms. The van der Waals surface area contributed by atoms with Crippen molar-refractivity contribution in [3.05, 3.63) is 24.3 Å². The quantitative estimate of drug-likeness (QED) is 0.767. The van der Waals surface area contributed by atoms with E-state index in [0.29, 0.717) is 6.54 Å². The number of hydrogen-bond donors (Lipinski definition) is 1. The van der Waals surface area contributed by atoms with E-state index in [1.807, 2.05) is 18.2 Å². The summed E-state index contributed by atoms with van der Waals surface area (Å²) in [6, 6.07) is 7.32. The minimum Gasteiger partial charge on any atom is -0.497 e. The lowest BCUT2D eigenvalue weighted by molar-refractivity contribution is 0.194. The molecule has 1 N–H and O–H groups in total. The highest BCUT2D eigenvalue weighted by molar-refractivity contribution is 5.50. The zero-order chi connectivity index (χ0) is 9.97. The Balaban J connectivity index is 2.27. The summed E-state index contributed by atoms with van der Waals surface area (Å²) in [5, 5.41) is 18.5. The van der Waals surface area contributed by atoms with Crippen LogP contribution in [0.1, 0.15) is 0 Å². The molecule has 1 atom stereocenters. The van der Waals surface area contributed by atoms with Crippen molar-refractivity contribution in [1.29, 1.82) is 0 Å². The van der Waals surface area contributed by atoms with E-state index in [9.17, 15) is 5.11 Å². The fraction of sp³-hybridized carbons (Fsp3) is 0.333. The van der Waals surface area contributed by atoms with Crippen LogP contribution in [0.4, 0.5) is 5.69 Å². The summed E-state index contributed by atoms with van der Waals surface area (Å²) in [5.74, 6) is 0.733. The second-order valence-corrected chi connectivity index (χ2v) is 2.94. The highest BCUT2D eigenvalue weighted by Crippen LogP contribution is 2.24. The van der Waals surface area contributed by atoms with Gasteiger partial charge in [-0.1, -0.05) is 11.3 Å². The van der Waals surface area contributed by atoms with Gasteiger partial charge in [-0.3, -0.25) is 0 Å². The number of methoxy groups -OCH3 is 1. The van der Waals surface area contributed by atoms with E-state index >= 15 is 0 Å². The Hall–Kier alpha value is -1.62. The predicted molar refractivity (Wildman–Crippen MR) is 51.2 cm³/mol. The van der Waals surface area contributed by atoms with Crippen molar-refractivity contribution in [2.75, 3.05) is 18.7 Å². The molecule has 5 nitrogen and oxygen atoms in total. The molecule has 74 valence electrons. The van der Waals surface area contributed by atoms with Crippen LogP contribution in [-0.4, -0.2) is 25.0 Å². The summed E-state index contributed by atoms with van der Waals surface area (Å²) in [5.41, 5.74) is 0.776. The van der Waals surface area contributed by atoms with Gasteiger partial charge in [0.2, 0.25) is 0 Å². The molecule has 0 unspecified atom stereocenters. The molecular weight excluding hydrogens is 182 g/mol. The molecule has 0 amide bonds. The van der Waals surface area contributed by atoms with E-state index in [-0.39, 0.29) is 0 Å². The Morgan fingerprint density at radius 3 is 3.07 bits per heavy atom. The Kier molecular flexibility index (Phi) is 2.32. The maximum atomic E-state index is 9.50. The Bertz CT molecular complexity index is 354. The van der Waals surface area contributed by atoms with E-state index in [2.05, 4.69) is 10.3 Å². The molecule has 1 aromatic rings. The van der Waals surface area contributed by atoms with Crippen molar-refractivity contribution in [2.45, 2.75) is 6.23 Å². The van der Waals surface area contributed by atoms with Crippen molar-refractivity contribution in [3.8, 4) is 5.75 Å². The third-order valence-corrected chi connectivity index (χ3v) is 2.00.